The molecule has 1 aromatic carbocycles. The summed E-state index contributed by atoms with van der Waals surface area (Å²) < 4.78 is 0. The third-order valence-corrected chi connectivity index (χ3v) is 1.50. The van der Waals surface area contributed by atoms with Gasteiger partial charge in [0.25, 0.3) is 0 Å². The molecule has 0 bridgehead atoms. The Labute approximate surface area is 71.3 Å². The van der Waals surface area contributed by atoms with Crippen LogP contribution in [0.15, 0.2) is 18.2 Å². The van der Waals surface area contributed by atoms with Crippen molar-refractivity contribution in [2.24, 2.45) is 0 Å². The molecule has 0 amide bonds. The number of phenols is 1. The first kappa shape index (κ1) is 8.41. The van der Waals surface area contributed by atoms with E-state index in [1.807, 2.05) is 13.0 Å². The van der Waals surface area contributed by atoms with Gasteiger partial charge >= 0.3 is 0 Å². The van der Waals surface area contributed by atoms with E-state index in [-0.39, 0.29) is 5.75 Å². The maximum absolute atomic E-state index is 9.15. The van der Waals surface area contributed by atoms with E-state index in [4.69, 9.17) is 10.4 Å². The highest BCUT2D eigenvalue weighted by atomic mass is 16.3. The molecule has 0 aliphatic rings. The summed E-state index contributed by atoms with van der Waals surface area (Å²) in [6.07, 6.45) is 0. The Morgan fingerprint density at radius 2 is 2.33 bits per heavy atom. The van der Waals surface area contributed by atoms with Gasteiger partial charge in [-0.25, -0.2) is 0 Å². The zero-order valence-electron chi connectivity index (χ0n) is 6.83. The van der Waals surface area contributed by atoms with Crippen LogP contribution < -0.4 is 5.32 Å². The quantitative estimate of drug-likeness (QED) is 0.650. The van der Waals surface area contributed by atoms with Crippen molar-refractivity contribution in [3.8, 4) is 11.8 Å². The van der Waals surface area contributed by atoms with Crippen LogP contribution in [-0.2, 0) is 0 Å². The lowest BCUT2D eigenvalue weighted by Gasteiger charge is -2.03. The minimum absolute atomic E-state index is 0.0270. The molecule has 0 fully saturated rings. The average Bonchev–Trinajstić information content (AvgIpc) is 2.09. The highest BCUT2D eigenvalue weighted by molar-refractivity contribution is 5.54. The van der Waals surface area contributed by atoms with Gasteiger partial charge in [0.1, 0.15) is 11.8 Å². The van der Waals surface area contributed by atoms with Crippen molar-refractivity contribution >= 4 is 5.69 Å². The largest absolute Gasteiger partial charge is 0.507 e. The lowest BCUT2D eigenvalue weighted by molar-refractivity contribution is 0.473. The molecule has 3 nitrogen and oxygen atoms in total. The Morgan fingerprint density at radius 3 is 2.92 bits per heavy atom. The number of hydrogen-bond donors (Lipinski definition) is 2. The monoisotopic (exact) mass is 162 g/mol. The topological polar surface area (TPSA) is 56.0 Å². The van der Waals surface area contributed by atoms with Gasteiger partial charge < -0.3 is 10.4 Å². The summed E-state index contributed by atoms with van der Waals surface area (Å²) >= 11 is 0. The fraction of sp³-hybridized carbons (Fsp3) is 0.222. The molecule has 1 aromatic rings. The van der Waals surface area contributed by atoms with E-state index in [9.17, 15) is 0 Å². The van der Waals surface area contributed by atoms with E-state index in [1.54, 1.807) is 12.1 Å². The van der Waals surface area contributed by atoms with Crippen molar-refractivity contribution in [3.05, 3.63) is 23.8 Å². The molecule has 2 N–H and O–H groups in total. The number of phenolic OH excluding ortho intramolecular Hbond substituents is 1. The van der Waals surface area contributed by atoms with E-state index in [1.165, 1.54) is 6.07 Å². The predicted molar refractivity (Wildman–Crippen MR) is 47.0 cm³/mol. The first-order chi connectivity index (χ1) is 5.77. The molecule has 0 aliphatic carbocycles. The van der Waals surface area contributed by atoms with Crippen molar-refractivity contribution in [1.29, 1.82) is 5.26 Å². The summed E-state index contributed by atoms with van der Waals surface area (Å²) in [5.74, 6) is 0.0270. The van der Waals surface area contributed by atoms with Gasteiger partial charge in [0.15, 0.2) is 0 Å². The lowest BCUT2D eigenvalue weighted by atomic mass is 10.2. The van der Waals surface area contributed by atoms with Crippen molar-refractivity contribution in [3.63, 3.8) is 0 Å². The van der Waals surface area contributed by atoms with Crippen LogP contribution in [0.3, 0.4) is 0 Å². The fourth-order valence-electron chi connectivity index (χ4n) is 0.940. The van der Waals surface area contributed by atoms with Gasteiger partial charge in [-0.05, 0) is 25.1 Å². The minimum atomic E-state index is 0.0270. The summed E-state index contributed by atoms with van der Waals surface area (Å²) in [6, 6.07) is 6.77. The van der Waals surface area contributed by atoms with Crippen LogP contribution >= 0.6 is 0 Å². The second kappa shape index (κ2) is 3.63. The molecule has 1 rings (SSSR count). The number of nitriles is 1. The first-order valence-corrected chi connectivity index (χ1v) is 3.75. The number of rotatable bonds is 2. The van der Waals surface area contributed by atoms with Gasteiger partial charge in [-0.3, -0.25) is 0 Å². The third-order valence-electron chi connectivity index (χ3n) is 1.50. The zero-order valence-corrected chi connectivity index (χ0v) is 6.83. The molecule has 0 unspecified atom stereocenters. The molecule has 0 saturated heterocycles. The first-order valence-electron chi connectivity index (χ1n) is 3.75. The second-order valence-corrected chi connectivity index (χ2v) is 2.37. The van der Waals surface area contributed by atoms with Crippen LogP contribution in [0.5, 0.6) is 5.75 Å². The molecule has 0 radical (unpaired) electrons. The molecular formula is C9H10N2O. The number of hydrogen-bond acceptors (Lipinski definition) is 3. The van der Waals surface area contributed by atoms with Crippen LogP contribution in [0.2, 0.25) is 0 Å². The molecule has 0 aliphatic heterocycles. The summed E-state index contributed by atoms with van der Waals surface area (Å²) in [5, 5.41) is 20.8. The van der Waals surface area contributed by atoms with Crippen molar-refractivity contribution in [2.45, 2.75) is 6.92 Å². The number of benzene rings is 1. The van der Waals surface area contributed by atoms with Crippen LogP contribution in [-0.4, -0.2) is 11.7 Å². The Bertz CT molecular complexity index is 315. The molecule has 0 saturated carbocycles. The summed E-state index contributed by atoms with van der Waals surface area (Å²) in [7, 11) is 0. The molecular weight excluding hydrogens is 152 g/mol. The van der Waals surface area contributed by atoms with Gasteiger partial charge in [-0.1, -0.05) is 0 Å². The zero-order chi connectivity index (χ0) is 8.97. The van der Waals surface area contributed by atoms with Crippen LogP contribution in [0.1, 0.15) is 12.5 Å². The molecule has 0 aromatic heterocycles. The molecule has 3 heteroatoms. The number of aromatic hydroxyl groups is 1. The molecule has 0 atom stereocenters. The van der Waals surface area contributed by atoms with Crippen LogP contribution in [0, 0.1) is 11.3 Å². The third kappa shape index (κ3) is 1.67. The van der Waals surface area contributed by atoms with E-state index in [2.05, 4.69) is 5.32 Å². The SMILES string of the molecule is CCNc1ccc(O)c(C#N)c1. The number of nitrogens with one attached hydrogen (secondary N) is 1. The summed E-state index contributed by atoms with van der Waals surface area (Å²) in [4.78, 5) is 0. The highest BCUT2D eigenvalue weighted by Crippen LogP contribution is 2.19. The van der Waals surface area contributed by atoms with Gasteiger partial charge in [0.05, 0.1) is 5.56 Å². The van der Waals surface area contributed by atoms with Crippen LogP contribution in [0.25, 0.3) is 0 Å². The smallest absolute Gasteiger partial charge is 0.133 e. The van der Waals surface area contributed by atoms with E-state index < -0.39 is 0 Å². The highest BCUT2D eigenvalue weighted by Gasteiger charge is 1.99. The Morgan fingerprint density at radius 1 is 1.58 bits per heavy atom. The van der Waals surface area contributed by atoms with Gasteiger partial charge in [-0.15, -0.1) is 0 Å². The van der Waals surface area contributed by atoms with E-state index in [0.29, 0.717) is 5.56 Å². The van der Waals surface area contributed by atoms with E-state index >= 15 is 0 Å². The normalized spacial score (nSPS) is 9.00. The predicted octanol–water partition coefficient (Wildman–Crippen LogP) is 1.70. The average molecular weight is 162 g/mol. The molecule has 62 valence electrons. The summed E-state index contributed by atoms with van der Waals surface area (Å²) in [5.41, 5.74) is 1.15. The fourth-order valence-corrected chi connectivity index (χ4v) is 0.940. The molecule has 0 spiro atoms. The van der Waals surface area contributed by atoms with Gasteiger partial charge in [-0.2, -0.15) is 5.26 Å². The molecule has 0 heterocycles. The lowest BCUT2D eigenvalue weighted by Crippen LogP contribution is -1.96. The second-order valence-electron chi connectivity index (χ2n) is 2.37. The molecule has 12 heavy (non-hydrogen) atoms. The Kier molecular flexibility index (Phi) is 2.54. The Balaban J connectivity index is 2.99. The standard InChI is InChI=1S/C9H10N2O/c1-2-11-8-3-4-9(12)7(5-8)6-10/h3-5,11-12H,2H2,1H3. The number of anilines is 1. The van der Waals surface area contributed by atoms with Crippen LogP contribution in [0.4, 0.5) is 5.69 Å². The van der Waals surface area contributed by atoms with Gasteiger partial charge in [0.2, 0.25) is 0 Å². The van der Waals surface area contributed by atoms with E-state index in [0.717, 1.165) is 12.2 Å². The summed E-state index contributed by atoms with van der Waals surface area (Å²) in [6.45, 7) is 2.77. The van der Waals surface area contributed by atoms with Crippen molar-refractivity contribution < 1.29 is 5.11 Å². The van der Waals surface area contributed by atoms with Crippen molar-refractivity contribution in [1.82, 2.24) is 0 Å². The van der Waals surface area contributed by atoms with Crippen molar-refractivity contribution in [2.75, 3.05) is 11.9 Å². The maximum Gasteiger partial charge on any atom is 0.133 e. The van der Waals surface area contributed by atoms with Gasteiger partial charge in [0, 0.05) is 12.2 Å². The Hall–Kier alpha value is -1.69. The minimum Gasteiger partial charge on any atom is -0.507 e. The number of nitrogens with zero attached hydrogens (tertiary/aromatic N) is 1. The maximum atomic E-state index is 9.15.